The summed E-state index contributed by atoms with van der Waals surface area (Å²) in [6.45, 7) is 5.23. The number of rotatable bonds is 6. The molecule has 1 aliphatic carbocycles. The van der Waals surface area contributed by atoms with Gasteiger partial charge in [0.1, 0.15) is 5.52 Å². The molecule has 4 heterocycles. The van der Waals surface area contributed by atoms with E-state index in [1.165, 1.54) is 47.9 Å². The number of hydrogen-bond acceptors (Lipinski definition) is 7. The molecule has 1 N–H and O–H groups in total. The zero-order chi connectivity index (χ0) is 22.0. The maximum Gasteiger partial charge on any atom is 0.184 e. The maximum atomic E-state index is 5.45. The van der Waals surface area contributed by atoms with Crippen molar-refractivity contribution in [3.05, 3.63) is 47.9 Å². The predicted octanol–water partition coefficient (Wildman–Crippen LogP) is 4.67. The van der Waals surface area contributed by atoms with E-state index >= 15 is 0 Å². The summed E-state index contributed by atoms with van der Waals surface area (Å²) in [4.78, 5) is 16.6. The monoisotopic (exact) mass is 462 g/mol. The molecule has 0 spiro atoms. The van der Waals surface area contributed by atoms with Gasteiger partial charge < -0.3 is 14.6 Å². The van der Waals surface area contributed by atoms with Crippen molar-refractivity contribution in [3.63, 3.8) is 0 Å². The van der Waals surface area contributed by atoms with Crippen molar-refractivity contribution in [1.82, 2.24) is 24.4 Å². The van der Waals surface area contributed by atoms with Crippen LogP contribution in [-0.2, 0) is 17.8 Å². The first-order chi connectivity index (χ1) is 16.3. The normalized spacial score (nSPS) is 18.3. The van der Waals surface area contributed by atoms with Gasteiger partial charge in [0.05, 0.1) is 36.3 Å². The minimum atomic E-state index is 0.579. The Morgan fingerprint density at radius 1 is 0.970 bits per heavy atom. The molecule has 4 aromatic rings. The largest absolute Gasteiger partial charge is 0.379 e. The molecule has 0 unspecified atom stereocenters. The molecule has 172 valence electrons. The Hall–Kier alpha value is -2.55. The molecule has 2 fully saturated rings. The first-order valence-corrected chi connectivity index (χ1v) is 12.9. The summed E-state index contributed by atoms with van der Waals surface area (Å²) in [5.74, 6) is 0. The highest BCUT2D eigenvalue weighted by Crippen LogP contribution is 2.30. The van der Waals surface area contributed by atoms with Crippen molar-refractivity contribution in [2.75, 3.05) is 31.6 Å². The number of thiazole rings is 1. The molecule has 0 radical (unpaired) electrons. The number of morpholine rings is 1. The average molecular weight is 463 g/mol. The zero-order valence-corrected chi connectivity index (χ0v) is 19.7. The molecule has 1 aromatic carbocycles. The Labute approximate surface area is 197 Å². The third-order valence-electron chi connectivity index (χ3n) is 6.76. The molecule has 8 heteroatoms. The molecule has 2 aliphatic rings. The number of ether oxygens (including phenoxy) is 1. The van der Waals surface area contributed by atoms with Crippen molar-refractivity contribution in [3.8, 4) is 0 Å². The van der Waals surface area contributed by atoms with Crippen molar-refractivity contribution in [1.29, 1.82) is 0 Å². The van der Waals surface area contributed by atoms with E-state index < -0.39 is 0 Å². The molecule has 0 bridgehead atoms. The highest BCUT2D eigenvalue weighted by Gasteiger charge is 2.16. The lowest BCUT2D eigenvalue weighted by molar-refractivity contribution is 0.0341. The van der Waals surface area contributed by atoms with Crippen molar-refractivity contribution < 1.29 is 4.74 Å². The fourth-order valence-corrected chi connectivity index (χ4v) is 5.96. The van der Waals surface area contributed by atoms with Crippen LogP contribution in [0.3, 0.4) is 0 Å². The third-order valence-corrected chi connectivity index (χ3v) is 7.71. The van der Waals surface area contributed by atoms with E-state index in [0.29, 0.717) is 6.04 Å². The summed E-state index contributed by atoms with van der Waals surface area (Å²) in [7, 11) is 0. The van der Waals surface area contributed by atoms with E-state index in [4.69, 9.17) is 14.7 Å². The Balaban J connectivity index is 1.17. The second-order valence-corrected chi connectivity index (χ2v) is 10.3. The summed E-state index contributed by atoms with van der Waals surface area (Å²) in [6.07, 6.45) is 10.4. The van der Waals surface area contributed by atoms with E-state index in [-0.39, 0.29) is 0 Å². The van der Waals surface area contributed by atoms with Gasteiger partial charge in [0.15, 0.2) is 10.8 Å². The molecule has 33 heavy (non-hydrogen) atoms. The molecule has 0 amide bonds. The van der Waals surface area contributed by atoms with Crippen LogP contribution in [0, 0.1) is 0 Å². The molecule has 7 nitrogen and oxygen atoms in total. The van der Waals surface area contributed by atoms with Crippen molar-refractivity contribution in [2.24, 2.45) is 0 Å². The van der Waals surface area contributed by atoms with Crippen molar-refractivity contribution in [2.45, 2.75) is 51.2 Å². The summed E-state index contributed by atoms with van der Waals surface area (Å²) >= 11 is 1.76. The molecule has 1 aliphatic heterocycles. The van der Waals surface area contributed by atoms with Gasteiger partial charge in [0.2, 0.25) is 0 Å². The Morgan fingerprint density at radius 3 is 2.73 bits per heavy atom. The fourth-order valence-electron chi connectivity index (χ4n) is 4.96. The molecular weight excluding hydrogens is 432 g/mol. The van der Waals surface area contributed by atoms with Gasteiger partial charge in [-0.15, -0.1) is 0 Å². The van der Waals surface area contributed by atoms with E-state index in [0.717, 1.165) is 61.2 Å². The van der Waals surface area contributed by atoms with Crippen LogP contribution in [-0.4, -0.2) is 56.8 Å². The van der Waals surface area contributed by atoms with Crippen LogP contribution >= 0.6 is 11.3 Å². The number of nitrogens with one attached hydrogen (secondary N) is 1. The number of imidazole rings is 1. The SMILES string of the molecule is c1nc2c(cc1CN1CCOCC1)ncn2Cc1ccc2nc(NC3CCCCC3)sc2c1. The van der Waals surface area contributed by atoms with Crippen LogP contribution in [0.25, 0.3) is 21.4 Å². The van der Waals surface area contributed by atoms with Gasteiger partial charge in [-0.1, -0.05) is 36.7 Å². The van der Waals surface area contributed by atoms with Crippen LogP contribution < -0.4 is 5.32 Å². The number of fused-ring (bicyclic) bond motifs is 2. The van der Waals surface area contributed by atoms with Crippen LogP contribution in [0.4, 0.5) is 5.13 Å². The van der Waals surface area contributed by atoms with Crippen LogP contribution in [0.2, 0.25) is 0 Å². The van der Waals surface area contributed by atoms with E-state index in [2.05, 4.69) is 44.0 Å². The summed E-state index contributed by atoms with van der Waals surface area (Å²) in [6, 6.07) is 9.32. The summed E-state index contributed by atoms with van der Waals surface area (Å²) in [5, 5.41) is 4.72. The standard InChI is InChI=1S/C25H30N6OS/c1-2-4-20(5-3-1)28-25-29-21-7-6-18(13-23(21)33-25)16-31-17-27-22-12-19(14-26-24(22)31)15-30-8-10-32-11-9-30/h6-7,12-14,17,20H,1-5,8-11,15-16H2,(H,28,29). The van der Waals surface area contributed by atoms with E-state index in [9.17, 15) is 0 Å². The lowest BCUT2D eigenvalue weighted by Crippen LogP contribution is -2.35. The Bertz CT molecular complexity index is 1240. The van der Waals surface area contributed by atoms with Crippen LogP contribution in [0.1, 0.15) is 43.2 Å². The number of pyridine rings is 1. The van der Waals surface area contributed by atoms with Gasteiger partial charge in [-0.2, -0.15) is 0 Å². The minimum absolute atomic E-state index is 0.579. The molecular formula is C25H30N6OS. The highest BCUT2D eigenvalue weighted by atomic mass is 32.1. The molecule has 1 saturated carbocycles. The van der Waals surface area contributed by atoms with Gasteiger partial charge in [-0.05, 0) is 42.2 Å². The van der Waals surface area contributed by atoms with Crippen LogP contribution in [0.15, 0.2) is 36.8 Å². The predicted molar refractivity (Wildman–Crippen MR) is 133 cm³/mol. The highest BCUT2D eigenvalue weighted by molar-refractivity contribution is 7.22. The van der Waals surface area contributed by atoms with Gasteiger partial charge in [-0.3, -0.25) is 4.90 Å². The molecule has 6 rings (SSSR count). The smallest absolute Gasteiger partial charge is 0.184 e. The first kappa shape index (κ1) is 21.0. The number of aromatic nitrogens is 4. The number of hydrogen-bond donors (Lipinski definition) is 1. The lowest BCUT2D eigenvalue weighted by Gasteiger charge is -2.26. The topological polar surface area (TPSA) is 68.1 Å². The molecule has 0 atom stereocenters. The molecule has 1 saturated heterocycles. The quantitative estimate of drug-likeness (QED) is 0.449. The fraction of sp³-hybridized carbons (Fsp3) is 0.480. The summed E-state index contributed by atoms with van der Waals surface area (Å²) in [5.41, 5.74) is 5.42. The van der Waals surface area contributed by atoms with Gasteiger partial charge in [0.25, 0.3) is 0 Å². The maximum absolute atomic E-state index is 5.45. The minimum Gasteiger partial charge on any atom is -0.379 e. The van der Waals surface area contributed by atoms with E-state index in [1.807, 2.05) is 12.5 Å². The van der Waals surface area contributed by atoms with Gasteiger partial charge in [-0.25, -0.2) is 15.0 Å². The van der Waals surface area contributed by atoms with Crippen molar-refractivity contribution >= 4 is 37.8 Å². The molecule has 3 aromatic heterocycles. The number of benzene rings is 1. The summed E-state index contributed by atoms with van der Waals surface area (Å²) < 4.78 is 8.82. The van der Waals surface area contributed by atoms with E-state index in [1.54, 1.807) is 11.3 Å². The second kappa shape index (κ2) is 9.37. The third kappa shape index (κ3) is 4.74. The first-order valence-electron chi connectivity index (χ1n) is 12.1. The van der Waals surface area contributed by atoms with Crippen LogP contribution in [0.5, 0.6) is 0 Å². The Kier molecular flexibility index (Phi) is 5.96. The Morgan fingerprint density at radius 2 is 1.85 bits per heavy atom. The zero-order valence-electron chi connectivity index (χ0n) is 18.9. The van der Waals surface area contributed by atoms with Gasteiger partial charge in [0, 0.05) is 31.9 Å². The number of nitrogens with zero attached hydrogens (tertiary/aromatic N) is 5. The number of anilines is 1. The average Bonchev–Trinajstić information content (AvgIpc) is 3.43. The lowest BCUT2D eigenvalue weighted by atomic mass is 9.96. The second-order valence-electron chi connectivity index (χ2n) is 9.25. The van der Waals surface area contributed by atoms with Gasteiger partial charge >= 0.3 is 0 Å².